The van der Waals surface area contributed by atoms with Crippen LogP contribution in [0, 0.1) is 11.8 Å². The van der Waals surface area contributed by atoms with E-state index in [4.69, 9.17) is 9.47 Å². The summed E-state index contributed by atoms with van der Waals surface area (Å²) in [4.78, 5) is 4.08. The zero-order valence-electron chi connectivity index (χ0n) is 16.1. The fourth-order valence-electron chi connectivity index (χ4n) is 2.28. The molecule has 2 aromatic carbocycles. The Morgan fingerprint density at radius 2 is 1.79 bits per heavy atom. The monoisotopic (exact) mass is 519 g/mol. The third kappa shape index (κ3) is 7.38. The largest absolute Gasteiger partial charge is 0.493 e. The van der Waals surface area contributed by atoms with Crippen molar-refractivity contribution in [1.82, 2.24) is 5.32 Å². The average molecular weight is 519 g/mol. The highest BCUT2D eigenvalue weighted by Crippen LogP contribution is 2.30. The van der Waals surface area contributed by atoms with Gasteiger partial charge in [0, 0.05) is 24.4 Å². The van der Waals surface area contributed by atoms with Gasteiger partial charge in [-0.1, -0.05) is 17.9 Å². The van der Waals surface area contributed by atoms with Gasteiger partial charge in [-0.15, -0.1) is 24.0 Å². The lowest BCUT2D eigenvalue weighted by atomic mass is 10.1. The van der Waals surface area contributed by atoms with Crippen LogP contribution in [-0.4, -0.2) is 33.8 Å². The number of nitrogens with zero attached hydrogens (tertiary/aromatic N) is 1. The van der Waals surface area contributed by atoms with Crippen molar-refractivity contribution in [2.75, 3.05) is 33.1 Å². The van der Waals surface area contributed by atoms with Gasteiger partial charge in [-0.2, -0.15) is 13.2 Å². The average Bonchev–Trinajstić information content (AvgIpc) is 2.69. The smallest absolute Gasteiger partial charge is 0.416 e. The SMILES string of the molecule is CN=C(NCC#Cc1cccc(C(F)(F)F)c1)Nc1ccc(OC)c(OC)c1.I. The predicted molar refractivity (Wildman–Crippen MR) is 118 cm³/mol. The van der Waals surface area contributed by atoms with Gasteiger partial charge in [-0.25, -0.2) is 0 Å². The second-order valence-corrected chi connectivity index (χ2v) is 5.50. The van der Waals surface area contributed by atoms with Crippen molar-refractivity contribution in [2.24, 2.45) is 4.99 Å². The van der Waals surface area contributed by atoms with E-state index in [0.717, 1.165) is 17.8 Å². The Morgan fingerprint density at radius 3 is 2.41 bits per heavy atom. The summed E-state index contributed by atoms with van der Waals surface area (Å²) in [6, 6.07) is 10.2. The van der Waals surface area contributed by atoms with Crippen LogP contribution < -0.4 is 20.1 Å². The first-order valence-corrected chi connectivity index (χ1v) is 8.23. The minimum absolute atomic E-state index is 0. The third-order valence-electron chi connectivity index (χ3n) is 3.64. The van der Waals surface area contributed by atoms with E-state index in [-0.39, 0.29) is 30.5 Å². The number of halogens is 4. The Balaban J connectivity index is 0.00000420. The fraction of sp³-hybridized carbons (Fsp3) is 0.250. The van der Waals surface area contributed by atoms with Crippen LogP contribution in [-0.2, 0) is 6.18 Å². The number of aliphatic imine (C=N–C) groups is 1. The van der Waals surface area contributed by atoms with Crippen molar-refractivity contribution < 1.29 is 22.6 Å². The lowest BCUT2D eigenvalue weighted by Gasteiger charge is -2.13. The second-order valence-electron chi connectivity index (χ2n) is 5.50. The molecule has 0 amide bonds. The normalized spacial score (nSPS) is 10.9. The minimum atomic E-state index is -4.39. The van der Waals surface area contributed by atoms with Gasteiger partial charge in [0.2, 0.25) is 0 Å². The van der Waals surface area contributed by atoms with Crippen LogP contribution in [0.3, 0.4) is 0 Å². The molecule has 5 nitrogen and oxygen atoms in total. The van der Waals surface area contributed by atoms with Gasteiger partial charge in [0.1, 0.15) is 0 Å². The summed E-state index contributed by atoms with van der Waals surface area (Å²) >= 11 is 0. The molecule has 29 heavy (non-hydrogen) atoms. The number of methoxy groups -OCH3 is 2. The molecular weight excluding hydrogens is 498 g/mol. The number of rotatable bonds is 4. The topological polar surface area (TPSA) is 54.9 Å². The van der Waals surface area contributed by atoms with Crippen LogP contribution in [0.25, 0.3) is 0 Å². The summed E-state index contributed by atoms with van der Waals surface area (Å²) in [5.74, 6) is 7.09. The summed E-state index contributed by atoms with van der Waals surface area (Å²) in [5.41, 5.74) is 0.286. The number of hydrogen-bond acceptors (Lipinski definition) is 3. The predicted octanol–water partition coefficient (Wildman–Crippen LogP) is 4.38. The number of ether oxygens (including phenoxy) is 2. The van der Waals surface area contributed by atoms with Gasteiger partial charge in [-0.3, -0.25) is 4.99 Å². The molecule has 0 saturated carbocycles. The molecule has 0 aliphatic heterocycles. The van der Waals surface area contributed by atoms with Crippen LogP contribution >= 0.6 is 24.0 Å². The van der Waals surface area contributed by atoms with Crippen molar-refractivity contribution in [3.8, 4) is 23.3 Å². The van der Waals surface area contributed by atoms with E-state index < -0.39 is 11.7 Å². The maximum absolute atomic E-state index is 12.7. The molecular formula is C20H21F3IN3O2. The van der Waals surface area contributed by atoms with Crippen molar-refractivity contribution in [1.29, 1.82) is 0 Å². The zero-order chi connectivity index (χ0) is 20.6. The van der Waals surface area contributed by atoms with E-state index in [1.807, 2.05) is 0 Å². The van der Waals surface area contributed by atoms with Crippen LogP contribution in [0.2, 0.25) is 0 Å². The maximum Gasteiger partial charge on any atom is 0.416 e. The molecule has 0 atom stereocenters. The van der Waals surface area contributed by atoms with Crippen LogP contribution in [0.1, 0.15) is 11.1 Å². The molecule has 156 valence electrons. The van der Waals surface area contributed by atoms with E-state index in [1.165, 1.54) is 19.2 Å². The van der Waals surface area contributed by atoms with E-state index in [1.54, 1.807) is 32.4 Å². The number of alkyl halides is 3. The Morgan fingerprint density at radius 1 is 1.07 bits per heavy atom. The summed E-state index contributed by atoms with van der Waals surface area (Å²) in [7, 11) is 4.68. The van der Waals surface area contributed by atoms with Crippen molar-refractivity contribution >= 4 is 35.6 Å². The third-order valence-corrected chi connectivity index (χ3v) is 3.64. The quantitative estimate of drug-likeness (QED) is 0.273. The Kier molecular flexibility index (Phi) is 9.61. The van der Waals surface area contributed by atoms with E-state index in [9.17, 15) is 13.2 Å². The first-order valence-electron chi connectivity index (χ1n) is 8.23. The van der Waals surface area contributed by atoms with E-state index in [0.29, 0.717) is 23.0 Å². The van der Waals surface area contributed by atoms with Crippen LogP contribution in [0.15, 0.2) is 47.5 Å². The van der Waals surface area contributed by atoms with Gasteiger partial charge >= 0.3 is 6.18 Å². The van der Waals surface area contributed by atoms with E-state index >= 15 is 0 Å². The first kappa shape index (κ1) is 24.4. The Bertz CT molecular complexity index is 906. The summed E-state index contributed by atoms with van der Waals surface area (Å²) in [5, 5.41) is 6.04. The van der Waals surface area contributed by atoms with Gasteiger partial charge < -0.3 is 20.1 Å². The molecule has 0 heterocycles. The van der Waals surface area contributed by atoms with Crippen molar-refractivity contribution in [3.63, 3.8) is 0 Å². The van der Waals surface area contributed by atoms with Crippen molar-refractivity contribution in [3.05, 3.63) is 53.6 Å². The molecule has 0 saturated heterocycles. The molecule has 0 bridgehead atoms. The molecule has 2 N–H and O–H groups in total. The highest BCUT2D eigenvalue weighted by Gasteiger charge is 2.30. The molecule has 0 aliphatic rings. The molecule has 0 spiro atoms. The van der Waals surface area contributed by atoms with Gasteiger partial charge in [0.15, 0.2) is 17.5 Å². The van der Waals surface area contributed by atoms with Crippen LogP contribution in [0.4, 0.5) is 18.9 Å². The highest BCUT2D eigenvalue weighted by atomic mass is 127. The Labute approximate surface area is 184 Å². The van der Waals surface area contributed by atoms with Gasteiger partial charge in [0.05, 0.1) is 26.3 Å². The van der Waals surface area contributed by atoms with Gasteiger partial charge in [-0.05, 0) is 30.3 Å². The molecule has 9 heteroatoms. The molecule has 2 rings (SSSR count). The molecule has 2 aromatic rings. The van der Waals surface area contributed by atoms with Gasteiger partial charge in [0.25, 0.3) is 0 Å². The second kappa shape index (κ2) is 11.4. The fourth-order valence-corrected chi connectivity index (χ4v) is 2.28. The molecule has 0 aliphatic carbocycles. The molecule has 0 aromatic heterocycles. The lowest BCUT2D eigenvalue weighted by molar-refractivity contribution is -0.137. The molecule has 0 radical (unpaired) electrons. The lowest BCUT2D eigenvalue weighted by Crippen LogP contribution is -2.30. The van der Waals surface area contributed by atoms with Crippen LogP contribution in [0.5, 0.6) is 11.5 Å². The summed E-state index contributed by atoms with van der Waals surface area (Å²) in [6.45, 7) is 0.198. The number of guanidine groups is 1. The number of benzene rings is 2. The summed E-state index contributed by atoms with van der Waals surface area (Å²) in [6.07, 6.45) is -4.39. The molecule has 0 unspecified atom stereocenters. The number of anilines is 1. The maximum atomic E-state index is 12.7. The zero-order valence-corrected chi connectivity index (χ0v) is 18.4. The summed E-state index contributed by atoms with van der Waals surface area (Å²) < 4.78 is 48.6. The number of hydrogen-bond donors (Lipinski definition) is 2. The number of nitrogens with one attached hydrogen (secondary N) is 2. The first-order chi connectivity index (χ1) is 13.4. The molecule has 0 fully saturated rings. The highest BCUT2D eigenvalue weighted by molar-refractivity contribution is 14.0. The van der Waals surface area contributed by atoms with Crippen molar-refractivity contribution in [2.45, 2.75) is 6.18 Å². The van der Waals surface area contributed by atoms with E-state index in [2.05, 4.69) is 27.5 Å². The minimum Gasteiger partial charge on any atom is -0.493 e. The standard InChI is InChI=1S/C20H20F3N3O2.HI/c1-24-19(26-16-9-10-17(27-2)18(13-16)28-3)25-11-5-7-14-6-4-8-15(12-14)20(21,22)23;/h4,6,8-10,12-13H,11H2,1-3H3,(H2,24,25,26);1H. The Hall–Kier alpha value is -2.61.